The fraction of sp³-hybridized carbons (Fsp3) is 0.857. The highest BCUT2D eigenvalue weighted by atomic mass is 35.5. The molecule has 1 heterocycles. The Morgan fingerprint density at radius 2 is 2.05 bits per heavy atom. The molecule has 0 aromatic carbocycles. The molecular formula is C14H25ClN2O4. The molecule has 2 fully saturated rings. The van der Waals surface area contributed by atoms with Crippen molar-refractivity contribution in [2.24, 2.45) is 0 Å². The fourth-order valence-electron chi connectivity index (χ4n) is 3.09. The number of carbonyl (C=O) groups is 2. The van der Waals surface area contributed by atoms with Gasteiger partial charge in [0.2, 0.25) is 5.91 Å². The summed E-state index contributed by atoms with van der Waals surface area (Å²) in [4.78, 5) is 26.7. The lowest BCUT2D eigenvalue weighted by molar-refractivity contribution is -0.150. The number of nitrogens with zero attached hydrogens (tertiary/aromatic N) is 2. The first kappa shape index (κ1) is 18.2. The second kappa shape index (κ2) is 8.56. The Bertz CT molecular complexity index is 365. The average molecular weight is 321 g/mol. The van der Waals surface area contributed by atoms with Crippen LogP contribution in [-0.2, 0) is 14.3 Å². The Morgan fingerprint density at radius 1 is 1.33 bits per heavy atom. The molecule has 1 aliphatic heterocycles. The lowest BCUT2D eigenvalue weighted by atomic mass is 9.90. The third-order valence-corrected chi connectivity index (χ3v) is 4.17. The number of ether oxygens (including phenoxy) is 1. The number of rotatable bonds is 5. The largest absolute Gasteiger partial charge is 0.481 e. The van der Waals surface area contributed by atoms with E-state index in [2.05, 4.69) is 0 Å². The van der Waals surface area contributed by atoms with Crippen molar-refractivity contribution in [2.75, 3.05) is 33.3 Å². The predicted octanol–water partition coefficient (Wildman–Crippen LogP) is 0.985. The minimum Gasteiger partial charge on any atom is -0.481 e. The molecule has 0 aromatic heterocycles. The van der Waals surface area contributed by atoms with Gasteiger partial charge in [-0.3, -0.25) is 14.5 Å². The Balaban J connectivity index is 0.00000220. The van der Waals surface area contributed by atoms with Crippen LogP contribution in [0.4, 0.5) is 0 Å². The summed E-state index contributed by atoms with van der Waals surface area (Å²) in [5, 5.41) is 8.66. The lowest BCUT2D eigenvalue weighted by Crippen LogP contribution is -2.56. The molecule has 1 saturated heterocycles. The van der Waals surface area contributed by atoms with Gasteiger partial charge in [-0.15, -0.1) is 12.4 Å². The number of aliphatic carboxylic acids is 1. The number of morpholine rings is 1. The van der Waals surface area contributed by atoms with Crippen LogP contribution in [0.5, 0.6) is 0 Å². The van der Waals surface area contributed by atoms with Crippen LogP contribution in [-0.4, -0.2) is 72.2 Å². The van der Waals surface area contributed by atoms with Crippen molar-refractivity contribution in [3.63, 3.8) is 0 Å². The molecule has 2 aliphatic rings. The number of likely N-dealkylation sites (N-methyl/N-ethyl adjacent to an activating group) is 1. The van der Waals surface area contributed by atoms with Crippen molar-refractivity contribution in [3.05, 3.63) is 0 Å². The molecule has 0 spiro atoms. The van der Waals surface area contributed by atoms with Crippen molar-refractivity contribution >= 4 is 24.3 Å². The van der Waals surface area contributed by atoms with Crippen LogP contribution in [0, 0.1) is 0 Å². The van der Waals surface area contributed by atoms with Gasteiger partial charge in [-0.1, -0.05) is 12.8 Å². The summed E-state index contributed by atoms with van der Waals surface area (Å²) in [6, 6.07) is 0.220. The molecule has 1 N–H and O–H groups in total. The first-order valence-corrected chi connectivity index (χ1v) is 7.39. The van der Waals surface area contributed by atoms with Crippen LogP contribution in [0.25, 0.3) is 0 Å². The third-order valence-electron chi connectivity index (χ3n) is 4.17. The van der Waals surface area contributed by atoms with Gasteiger partial charge in [0.15, 0.2) is 0 Å². The van der Waals surface area contributed by atoms with Gasteiger partial charge in [0.1, 0.15) is 0 Å². The molecular weight excluding hydrogens is 296 g/mol. The molecule has 0 bridgehead atoms. The number of amides is 1. The average Bonchev–Trinajstić information content (AvgIpc) is 2.44. The molecule has 2 atom stereocenters. The highest BCUT2D eigenvalue weighted by Crippen LogP contribution is 2.28. The normalized spacial score (nSPS) is 25.1. The first-order chi connectivity index (χ1) is 9.58. The Hall–Kier alpha value is -0.850. The van der Waals surface area contributed by atoms with E-state index in [0.29, 0.717) is 19.7 Å². The van der Waals surface area contributed by atoms with Crippen LogP contribution in [0.1, 0.15) is 32.1 Å². The van der Waals surface area contributed by atoms with E-state index in [-0.39, 0.29) is 43.4 Å². The van der Waals surface area contributed by atoms with Gasteiger partial charge < -0.3 is 14.7 Å². The second-order valence-corrected chi connectivity index (χ2v) is 5.73. The van der Waals surface area contributed by atoms with Crippen LogP contribution in [0.2, 0.25) is 0 Å². The van der Waals surface area contributed by atoms with Crippen molar-refractivity contribution < 1.29 is 19.4 Å². The summed E-state index contributed by atoms with van der Waals surface area (Å²) in [5.74, 6) is -0.735. The minimum absolute atomic E-state index is 0. The molecule has 2 unspecified atom stereocenters. The van der Waals surface area contributed by atoms with E-state index in [1.165, 1.54) is 6.42 Å². The van der Waals surface area contributed by atoms with E-state index in [1.807, 2.05) is 4.90 Å². The zero-order valence-corrected chi connectivity index (χ0v) is 13.3. The van der Waals surface area contributed by atoms with Gasteiger partial charge in [0.25, 0.3) is 0 Å². The standard InChI is InChI=1S/C14H24N2O4.ClH/c1-15(7-6-14(18)19)10-13(17)16-8-9-20-12-5-3-2-4-11(12)16;/h11-12H,2-10H2,1H3,(H,18,19);1H. The molecule has 122 valence electrons. The quantitative estimate of drug-likeness (QED) is 0.818. The maximum atomic E-state index is 12.4. The Labute approximate surface area is 131 Å². The predicted molar refractivity (Wildman–Crippen MR) is 80.7 cm³/mol. The van der Waals surface area contributed by atoms with E-state index in [1.54, 1.807) is 11.9 Å². The summed E-state index contributed by atoms with van der Waals surface area (Å²) in [7, 11) is 1.79. The summed E-state index contributed by atoms with van der Waals surface area (Å²) in [6.07, 6.45) is 4.67. The molecule has 7 heteroatoms. The molecule has 21 heavy (non-hydrogen) atoms. The summed E-state index contributed by atoms with van der Waals surface area (Å²) in [5.41, 5.74) is 0. The number of halogens is 1. The minimum atomic E-state index is -0.831. The summed E-state index contributed by atoms with van der Waals surface area (Å²) in [6.45, 7) is 1.97. The number of carboxylic acids is 1. The third kappa shape index (κ3) is 5.13. The van der Waals surface area contributed by atoms with Crippen molar-refractivity contribution in [1.82, 2.24) is 9.80 Å². The monoisotopic (exact) mass is 320 g/mol. The van der Waals surface area contributed by atoms with Crippen molar-refractivity contribution in [1.29, 1.82) is 0 Å². The summed E-state index contributed by atoms with van der Waals surface area (Å²) >= 11 is 0. The number of carboxylic acid groups (broad SMARTS) is 1. The maximum absolute atomic E-state index is 12.4. The molecule has 0 aromatic rings. The maximum Gasteiger partial charge on any atom is 0.304 e. The van der Waals surface area contributed by atoms with Gasteiger partial charge in [-0.25, -0.2) is 0 Å². The number of fused-ring (bicyclic) bond motifs is 1. The van der Waals surface area contributed by atoms with E-state index < -0.39 is 5.97 Å². The van der Waals surface area contributed by atoms with E-state index in [0.717, 1.165) is 19.3 Å². The van der Waals surface area contributed by atoms with Gasteiger partial charge in [0, 0.05) is 13.1 Å². The molecule has 0 radical (unpaired) electrons. The number of hydrogen-bond acceptors (Lipinski definition) is 4. The fourth-order valence-corrected chi connectivity index (χ4v) is 3.09. The molecule has 1 saturated carbocycles. The SMILES string of the molecule is CN(CCC(=O)O)CC(=O)N1CCOC2CCCCC21.Cl. The number of hydrogen-bond donors (Lipinski definition) is 1. The zero-order valence-electron chi connectivity index (χ0n) is 12.5. The van der Waals surface area contributed by atoms with Gasteiger partial charge in [0.05, 0.1) is 31.7 Å². The van der Waals surface area contributed by atoms with Crippen LogP contribution in [0.15, 0.2) is 0 Å². The van der Waals surface area contributed by atoms with E-state index in [9.17, 15) is 9.59 Å². The van der Waals surface area contributed by atoms with Crippen LogP contribution in [0.3, 0.4) is 0 Å². The van der Waals surface area contributed by atoms with E-state index in [4.69, 9.17) is 9.84 Å². The smallest absolute Gasteiger partial charge is 0.304 e. The molecule has 2 rings (SSSR count). The van der Waals surface area contributed by atoms with Crippen LogP contribution >= 0.6 is 12.4 Å². The molecule has 1 aliphatic carbocycles. The highest BCUT2D eigenvalue weighted by Gasteiger charge is 2.36. The van der Waals surface area contributed by atoms with Crippen LogP contribution < -0.4 is 0 Å². The molecule has 6 nitrogen and oxygen atoms in total. The lowest BCUT2D eigenvalue weighted by Gasteiger charge is -2.44. The van der Waals surface area contributed by atoms with Gasteiger partial charge in [-0.05, 0) is 19.9 Å². The second-order valence-electron chi connectivity index (χ2n) is 5.73. The number of carbonyl (C=O) groups excluding carboxylic acids is 1. The highest BCUT2D eigenvalue weighted by molar-refractivity contribution is 5.85. The Morgan fingerprint density at radius 3 is 2.76 bits per heavy atom. The van der Waals surface area contributed by atoms with E-state index >= 15 is 0 Å². The van der Waals surface area contributed by atoms with Crippen molar-refractivity contribution in [3.8, 4) is 0 Å². The van der Waals surface area contributed by atoms with Gasteiger partial charge >= 0.3 is 5.97 Å². The Kier molecular flexibility index (Phi) is 7.42. The zero-order chi connectivity index (χ0) is 14.5. The molecule has 1 amide bonds. The van der Waals surface area contributed by atoms with Crippen molar-refractivity contribution in [2.45, 2.75) is 44.2 Å². The van der Waals surface area contributed by atoms with Gasteiger partial charge in [-0.2, -0.15) is 0 Å². The first-order valence-electron chi connectivity index (χ1n) is 7.39. The summed E-state index contributed by atoms with van der Waals surface area (Å²) < 4.78 is 5.76. The topological polar surface area (TPSA) is 70.1 Å².